The molecule has 0 unspecified atom stereocenters. The minimum Gasteiger partial charge on any atom is -0.491 e. The first-order valence-corrected chi connectivity index (χ1v) is 4.26. The van der Waals surface area contributed by atoms with E-state index in [1.807, 2.05) is 12.1 Å². The lowest BCUT2D eigenvalue weighted by Crippen LogP contribution is -1.99. The Morgan fingerprint density at radius 2 is 2.50 bits per heavy atom. The zero-order valence-corrected chi connectivity index (χ0v) is 7.13. The Hall–Kier alpha value is -1.25. The Labute approximate surface area is 71.8 Å². The number of nitrogens with one attached hydrogen (secondary N) is 1. The van der Waals surface area contributed by atoms with E-state index in [0.29, 0.717) is 0 Å². The second-order valence-electron chi connectivity index (χ2n) is 2.77. The van der Waals surface area contributed by atoms with Crippen molar-refractivity contribution in [2.24, 2.45) is 0 Å². The molecule has 0 aliphatic carbocycles. The van der Waals surface area contributed by atoms with Gasteiger partial charge in [0.25, 0.3) is 0 Å². The van der Waals surface area contributed by atoms with Gasteiger partial charge in [-0.1, -0.05) is 0 Å². The van der Waals surface area contributed by atoms with Crippen molar-refractivity contribution < 1.29 is 4.74 Å². The van der Waals surface area contributed by atoms with Crippen molar-refractivity contribution in [3.8, 4) is 5.75 Å². The quantitative estimate of drug-likeness (QED) is 0.718. The first-order valence-electron chi connectivity index (χ1n) is 4.26. The number of ether oxygens (including phenoxy) is 1. The van der Waals surface area contributed by atoms with Gasteiger partial charge in [-0.2, -0.15) is 0 Å². The van der Waals surface area contributed by atoms with E-state index in [4.69, 9.17) is 4.74 Å². The van der Waals surface area contributed by atoms with Crippen LogP contribution in [0.1, 0.15) is 12.6 Å². The van der Waals surface area contributed by atoms with Crippen molar-refractivity contribution in [1.82, 2.24) is 4.98 Å². The van der Waals surface area contributed by atoms with Crippen molar-refractivity contribution in [2.45, 2.75) is 13.3 Å². The van der Waals surface area contributed by atoms with Gasteiger partial charge in [0.2, 0.25) is 0 Å². The molecule has 2 heterocycles. The Bertz CT molecular complexity index is 286. The summed E-state index contributed by atoms with van der Waals surface area (Å²) in [5.41, 5.74) is 1.08. The fourth-order valence-corrected chi connectivity index (χ4v) is 1.34. The lowest BCUT2D eigenvalue weighted by molar-refractivity contribution is 0.357. The van der Waals surface area contributed by atoms with Crippen LogP contribution in [0.25, 0.3) is 0 Å². The fourth-order valence-electron chi connectivity index (χ4n) is 1.34. The highest BCUT2D eigenvalue weighted by Gasteiger charge is 2.12. The molecule has 12 heavy (non-hydrogen) atoms. The van der Waals surface area contributed by atoms with Crippen LogP contribution < -0.4 is 10.1 Å². The van der Waals surface area contributed by atoms with Crippen molar-refractivity contribution in [3.63, 3.8) is 0 Å². The lowest BCUT2D eigenvalue weighted by Gasteiger charge is -2.03. The van der Waals surface area contributed by atoms with E-state index in [-0.39, 0.29) is 0 Å². The van der Waals surface area contributed by atoms with Gasteiger partial charge in [-0.15, -0.1) is 0 Å². The van der Waals surface area contributed by atoms with Crippen LogP contribution in [0.15, 0.2) is 12.1 Å². The second kappa shape index (κ2) is 3.01. The number of anilines is 1. The largest absolute Gasteiger partial charge is 0.491 e. The average molecular weight is 164 g/mol. The highest BCUT2D eigenvalue weighted by Crippen LogP contribution is 2.24. The van der Waals surface area contributed by atoms with Crippen LogP contribution >= 0.6 is 0 Å². The molecule has 0 saturated heterocycles. The summed E-state index contributed by atoms with van der Waals surface area (Å²) in [6.45, 7) is 3.75. The molecule has 0 bridgehead atoms. The summed E-state index contributed by atoms with van der Waals surface area (Å²) in [6, 6.07) is 3.93. The maximum atomic E-state index is 5.34. The van der Waals surface area contributed by atoms with Gasteiger partial charge < -0.3 is 10.1 Å². The zero-order chi connectivity index (χ0) is 8.39. The number of hydrogen-bond donors (Lipinski definition) is 1. The number of aromatic nitrogens is 1. The van der Waals surface area contributed by atoms with Crippen LogP contribution in [-0.4, -0.2) is 18.1 Å². The molecule has 1 aliphatic rings. The Morgan fingerprint density at radius 1 is 1.58 bits per heavy atom. The molecule has 1 N–H and O–H groups in total. The van der Waals surface area contributed by atoms with Crippen LogP contribution in [0.5, 0.6) is 5.75 Å². The van der Waals surface area contributed by atoms with E-state index < -0.39 is 0 Å². The molecule has 0 fully saturated rings. The summed E-state index contributed by atoms with van der Waals surface area (Å²) in [6.07, 6.45) is 0.939. The van der Waals surface area contributed by atoms with Gasteiger partial charge in [-0.05, 0) is 19.1 Å². The minimum atomic E-state index is 0.776. The molecule has 0 amide bonds. The molecule has 1 aliphatic heterocycles. The van der Waals surface area contributed by atoms with Gasteiger partial charge in [-0.25, -0.2) is 4.98 Å². The number of nitrogens with zero attached hydrogens (tertiary/aromatic N) is 1. The summed E-state index contributed by atoms with van der Waals surface area (Å²) >= 11 is 0. The fraction of sp³-hybridized carbons (Fsp3) is 0.444. The van der Waals surface area contributed by atoms with Crippen LogP contribution in [-0.2, 0) is 6.42 Å². The van der Waals surface area contributed by atoms with E-state index in [1.165, 1.54) is 0 Å². The number of pyridine rings is 1. The molecule has 3 heteroatoms. The molecule has 64 valence electrons. The molecule has 0 atom stereocenters. The van der Waals surface area contributed by atoms with Gasteiger partial charge >= 0.3 is 0 Å². The average Bonchev–Trinajstić information content (AvgIpc) is 2.51. The van der Waals surface area contributed by atoms with E-state index in [9.17, 15) is 0 Å². The van der Waals surface area contributed by atoms with Gasteiger partial charge in [-0.3, -0.25) is 0 Å². The predicted molar refractivity (Wildman–Crippen MR) is 47.6 cm³/mol. The molecule has 0 saturated carbocycles. The molecule has 2 rings (SSSR count). The van der Waals surface area contributed by atoms with Crippen LogP contribution in [0.3, 0.4) is 0 Å². The van der Waals surface area contributed by atoms with Crippen molar-refractivity contribution in [3.05, 3.63) is 17.8 Å². The number of rotatable bonds is 2. The van der Waals surface area contributed by atoms with Crippen molar-refractivity contribution in [2.75, 3.05) is 18.5 Å². The van der Waals surface area contributed by atoms with Crippen molar-refractivity contribution in [1.29, 1.82) is 0 Å². The van der Waals surface area contributed by atoms with E-state index in [2.05, 4.69) is 17.2 Å². The lowest BCUT2D eigenvalue weighted by atomic mass is 10.3. The number of hydrogen-bond acceptors (Lipinski definition) is 3. The first-order chi connectivity index (χ1) is 5.90. The highest BCUT2D eigenvalue weighted by molar-refractivity contribution is 5.42. The molecule has 0 spiro atoms. The van der Waals surface area contributed by atoms with Gasteiger partial charge in [0.1, 0.15) is 11.6 Å². The normalized spacial score (nSPS) is 13.8. The van der Waals surface area contributed by atoms with E-state index in [1.54, 1.807) is 0 Å². The van der Waals surface area contributed by atoms with Crippen LogP contribution in [0.2, 0.25) is 0 Å². The third kappa shape index (κ3) is 1.22. The molecule has 1 aromatic heterocycles. The molecule has 1 aromatic rings. The topological polar surface area (TPSA) is 34.2 Å². The molecular weight excluding hydrogens is 152 g/mol. The number of fused-ring (bicyclic) bond motifs is 1. The smallest absolute Gasteiger partial charge is 0.141 e. The van der Waals surface area contributed by atoms with Crippen LogP contribution in [0, 0.1) is 0 Å². The summed E-state index contributed by atoms with van der Waals surface area (Å²) in [5.74, 6) is 1.89. The third-order valence-electron chi connectivity index (χ3n) is 1.89. The van der Waals surface area contributed by atoms with Gasteiger partial charge in [0.15, 0.2) is 0 Å². The Kier molecular flexibility index (Phi) is 1.86. The highest BCUT2D eigenvalue weighted by atomic mass is 16.5. The monoisotopic (exact) mass is 164 g/mol. The standard InChI is InChI=1S/C9H12N2O/c1-2-10-9-4-3-8-7(11-9)5-6-12-8/h3-4H,2,5-6H2,1H3,(H,10,11). The maximum absolute atomic E-state index is 5.34. The minimum absolute atomic E-state index is 0.776. The Morgan fingerprint density at radius 3 is 3.33 bits per heavy atom. The second-order valence-corrected chi connectivity index (χ2v) is 2.77. The van der Waals surface area contributed by atoms with Gasteiger partial charge in [0, 0.05) is 13.0 Å². The third-order valence-corrected chi connectivity index (χ3v) is 1.89. The summed E-state index contributed by atoms with van der Waals surface area (Å²) < 4.78 is 5.34. The SMILES string of the molecule is CCNc1ccc2c(n1)CCO2. The summed E-state index contributed by atoms with van der Waals surface area (Å²) in [5, 5.41) is 3.17. The molecule has 0 radical (unpaired) electrons. The summed E-state index contributed by atoms with van der Waals surface area (Å²) in [7, 11) is 0. The predicted octanol–water partition coefficient (Wildman–Crippen LogP) is 1.45. The molecule has 0 aromatic carbocycles. The maximum Gasteiger partial charge on any atom is 0.141 e. The van der Waals surface area contributed by atoms with Crippen molar-refractivity contribution >= 4 is 5.82 Å². The summed E-state index contributed by atoms with van der Waals surface area (Å²) in [4.78, 5) is 4.41. The first kappa shape index (κ1) is 7.40. The Balaban J connectivity index is 2.26. The molecular formula is C9H12N2O. The van der Waals surface area contributed by atoms with E-state index in [0.717, 1.165) is 36.8 Å². The molecule has 3 nitrogen and oxygen atoms in total. The van der Waals surface area contributed by atoms with Crippen LogP contribution in [0.4, 0.5) is 5.82 Å². The zero-order valence-electron chi connectivity index (χ0n) is 7.13. The van der Waals surface area contributed by atoms with E-state index >= 15 is 0 Å². The van der Waals surface area contributed by atoms with Gasteiger partial charge in [0.05, 0.1) is 12.3 Å².